The molecule has 1 atom stereocenters. The van der Waals surface area contributed by atoms with Gasteiger partial charge in [-0.15, -0.1) is 0 Å². The third-order valence-corrected chi connectivity index (χ3v) is 6.80. The Morgan fingerprint density at radius 2 is 1.68 bits per heavy atom. The van der Waals surface area contributed by atoms with Crippen molar-refractivity contribution in [2.45, 2.75) is 33.3 Å². The van der Waals surface area contributed by atoms with Gasteiger partial charge in [0.1, 0.15) is 17.9 Å². The molecule has 0 N–H and O–H groups in total. The summed E-state index contributed by atoms with van der Waals surface area (Å²) in [4.78, 5) is 53.9. The summed E-state index contributed by atoms with van der Waals surface area (Å²) < 4.78 is 22.4. The molecule has 3 heterocycles. The third-order valence-electron chi connectivity index (χ3n) is 6.80. The number of esters is 1. The second-order valence-corrected chi connectivity index (χ2v) is 9.47. The number of amides is 2. The van der Waals surface area contributed by atoms with E-state index in [1.807, 2.05) is 12.1 Å². The van der Waals surface area contributed by atoms with Crippen molar-refractivity contribution in [1.29, 1.82) is 0 Å². The van der Waals surface area contributed by atoms with Crippen molar-refractivity contribution in [1.82, 2.24) is 9.80 Å². The summed E-state index contributed by atoms with van der Waals surface area (Å²) in [7, 11) is 0. The van der Waals surface area contributed by atoms with Gasteiger partial charge in [-0.2, -0.15) is 0 Å². The smallest absolute Gasteiger partial charge is 0.340 e. The van der Waals surface area contributed by atoms with Gasteiger partial charge in [0.15, 0.2) is 11.5 Å². The summed E-state index contributed by atoms with van der Waals surface area (Å²) in [5, 5.41) is 0.486. The van der Waals surface area contributed by atoms with Crippen LogP contribution in [0.3, 0.4) is 0 Å². The number of piperazine rings is 1. The van der Waals surface area contributed by atoms with Gasteiger partial charge in [0.2, 0.25) is 12.0 Å². The first kappa shape index (κ1) is 25.3. The maximum Gasteiger partial charge on any atom is 0.340 e. The molecule has 198 valence electrons. The first-order valence-corrected chi connectivity index (χ1v) is 12.4. The fourth-order valence-corrected chi connectivity index (χ4v) is 4.86. The molecule has 10 heteroatoms. The van der Waals surface area contributed by atoms with Crippen molar-refractivity contribution in [3.8, 4) is 17.2 Å². The first-order valence-electron chi connectivity index (χ1n) is 12.4. The summed E-state index contributed by atoms with van der Waals surface area (Å²) >= 11 is 0. The van der Waals surface area contributed by atoms with Gasteiger partial charge < -0.3 is 28.4 Å². The van der Waals surface area contributed by atoms with Crippen LogP contribution in [0.2, 0.25) is 0 Å². The van der Waals surface area contributed by atoms with E-state index in [9.17, 15) is 19.2 Å². The molecule has 2 aliphatic heterocycles. The van der Waals surface area contributed by atoms with Crippen molar-refractivity contribution in [3.63, 3.8) is 0 Å². The summed E-state index contributed by atoms with van der Waals surface area (Å²) in [5.74, 6) is 0.483. The van der Waals surface area contributed by atoms with Gasteiger partial charge >= 0.3 is 11.6 Å². The van der Waals surface area contributed by atoms with Crippen molar-refractivity contribution in [3.05, 3.63) is 63.5 Å². The zero-order valence-corrected chi connectivity index (χ0v) is 21.4. The monoisotopic (exact) mass is 520 g/mol. The molecule has 5 rings (SSSR count). The fourth-order valence-electron chi connectivity index (χ4n) is 4.86. The topological polar surface area (TPSA) is 116 Å². The lowest BCUT2D eigenvalue weighted by Gasteiger charge is -2.37. The Hall–Kier alpha value is -4.34. The van der Waals surface area contributed by atoms with E-state index in [0.717, 1.165) is 5.56 Å². The molecule has 0 radical (unpaired) electrons. The van der Waals surface area contributed by atoms with Gasteiger partial charge in [-0.1, -0.05) is 12.1 Å². The van der Waals surface area contributed by atoms with Crippen LogP contribution in [0.25, 0.3) is 11.0 Å². The van der Waals surface area contributed by atoms with E-state index in [2.05, 4.69) is 0 Å². The molecule has 1 fully saturated rings. The molecule has 1 saturated heterocycles. The van der Waals surface area contributed by atoms with Crippen LogP contribution in [0.1, 0.15) is 23.6 Å². The molecule has 3 aromatic rings. The molecule has 38 heavy (non-hydrogen) atoms. The Labute approximate surface area is 218 Å². The largest absolute Gasteiger partial charge is 0.485 e. The Kier molecular flexibility index (Phi) is 6.79. The molecule has 0 spiro atoms. The Balaban J connectivity index is 1.26. The van der Waals surface area contributed by atoms with E-state index in [-0.39, 0.29) is 36.2 Å². The molecule has 0 bridgehead atoms. The lowest BCUT2D eigenvalue weighted by atomic mass is 10.0. The predicted molar refractivity (Wildman–Crippen MR) is 136 cm³/mol. The molecule has 0 unspecified atom stereocenters. The minimum atomic E-state index is -0.743. The van der Waals surface area contributed by atoms with Gasteiger partial charge in [0, 0.05) is 33.1 Å². The second-order valence-electron chi connectivity index (χ2n) is 9.47. The fraction of sp³-hybridized carbons (Fsp3) is 0.357. The number of carbonyl (C=O) groups is 3. The predicted octanol–water partition coefficient (Wildman–Crippen LogP) is 2.39. The van der Waals surface area contributed by atoms with E-state index >= 15 is 0 Å². The molecule has 0 saturated carbocycles. The van der Waals surface area contributed by atoms with Crippen LogP contribution < -0.4 is 19.8 Å². The Bertz CT molecular complexity index is 1490. The van der Waals surface area contributed by atoms with Crippen molar-refractivity contribution in [2.24, 2.45) is 0 Å². The number of carbonyl (C=O) groups excluding carboxylic acids is 3. The number of hydrogen-bond acceptors (Lipinski definition) is 8. The molecular formula is C28H28N2O8. The number of aryl methyl sites for hydroxylation is 2. The Morgan fingerprint density at radius 1 is 1.00 bits per heavy atom. The second kappa shape index (κ2) is 10.2. The molecule has 0 aliphatic carbocycles. The summed E-state index contributed by atoms with van der Waals surface area (Å²) in [6, 6.07) is 10.6. The normalized spacial score (nSPS) is 16.9. The van der Waals surface area contributed by atoms with Crippen LogP contribution in [0.4, 0.5) is 0 Å². The number of hydrogen-bond donors (Lipinski definition) is 0. The zero-order chi connectivity index (χ0) is 27.0. The van der Waals surface area contributed by atoms with Gasteiger partial charge in [0.25, 0.3) is 5.91 Å². The summed E-state index contributed by atoms with van der Waals surface area (Å²) in [6.45, 7) is 6.27. The summed E-state index contributed by atoms with van der Waals surface area (Å²) in [6.07, 6.45) is -0.908. The Morgan fingerprint density at radius 3 is 2.39 bits per heavy atom. The summed E-state index contributed by atoms with van der Waals surface area (Å²) in [5.41, 5.74) is 1.20. The molecule has 2 aliphatic rings. The molecule has 2 aromatic carbocycles. The highest BCUT2D eigenvalue weighted by molar-refractivity contribution is 5.91. The van der Waals surface area contributed by atoms with Crippen molar-refractivity contribution in [2.75, 3.05) is 32.8 Å². The SMILES string of the molecule is CC(=O)Oc1cc(C)cc2oc(=O)c(CC(=O)N3CCN(C(=O)[C@@H]4COc5ccccc5O4)CC3)c(C)c12. The first-order chi connectivity index (χ1) is 18.2. The number of benzene rings is 2. The van der Waals surface area contributed by atoms with Gasteiger partial charge in [-0.25, -0.2) is 4.79 Å². The van der Waals surface area contributed by atoms with E-state index in [1.54, 1.807) is 47.9 Å². The van der Waals surface area contributed by atoms with Crippen LogP contribution in [-0.4, -0.2) is 66.5 Å². The number of fused-ring (bicyclic) bond motifs is 2. The zero-order valence-electron chi connectivity index (χ0n) is 21.4. The van der Waals surface area contributed by atoms with E-state index in [4.69, 9.17) is 18.6 Å². The van der Waals surface area contributed by atoms with Gasteiger partial charge in [-0.05, 0) is 49.2 Å². The van der Waals surface area contributed by atoms with Gasteiger partial charge in [-0.3, -0.25) is 14.4 Å². The minimum absolute atomic E-state index is 0.126. The van der Waals surface area contributed by atoms with Crippen molar-refractivity contribution >= 4 is 28.8 Å². The van der Waals surface area contributed by atoms with Crippen LogP contribution in [0.15, 0.2) is 45.6 Å². The average molecular weight is 521 g/mol. The quantitative estimate of drug-likeness (QED) is 0.293. The molecule has 2 amide bonds. The van der Waals surface area contributed by atoms with Crippen LogP contribution >= 0.6 is 0 Å². The number of ether oxygens (including phenoxy) is 3. The molecular weight excluding hydrogens is 492 g/mol. The maximum atomic E-state index is 13.2. The number of rotatable bonds is 4. The minimum Gasteiger partial charge on any atom is -0.485 e. The third kappa shape index (κ3) is 4.93. The van der Waals surface area contributed by atoms with Crippen LogP contribution in [-0.2, 0) is 20.8 Å². The van der Waals surface area contributed by atoms with Crippen molar-refractivity contribution < 1.29 is 33.0 Å². The lowest BCUT2D eigenvalue weighted by Crippen LogP contribution is -2.55. The number of para-hydroxylation sites is 2. The van der Waals surface area contributed by atoms with Crippen LogP contribution in [0, 0.1) is 13.8 Å². The highest BCUT2D eigenvalue weighted by Gasteiger charge is 2.33. The average Bonchev–Trinajstić information content (AvgIpc) is 2.89. The molecule has 1 aromatic heterocycles. The van der Waals surface area contributed by atoms with E-state index in [0.29, 0.717) is 54.2 Å². The molecule has 10 nitrogen and oxygen atoms in total. The highest BCUT2D eigenvalue weighted by Crippen LogP contribution is 2.32. The van der Waals surface area contributed by atoms with Gasteiger partial charge in [0.05, 0.1) is 17.4 Å². The number of nitrogens with zero attached hydrogens (tertiary/aromatic N) is 2. The highest BCUT2D eigenvalue weighted by atomic mass is 16.6. The van der Waals surface area contributed by atoms with Crippen LogP contribution in [0.5, 0.6) is 17.2 Å². The lowest BCUT2D eigenvalue weighted by molar-refractivity contribution is -0.146. The van der Waals surface area contributed by atoms with E-state index in [1.165, 1.54) is 6.92 Å². The standard InChI is InChI=1S/C28H28N2O8/c1-16-12-22(36-18(3)31)26-17(2)19(28(34)38-23(26)13-16)14-25(32)29-8-10-30(11-9-29)27(33)24-15-35-20-6-4-5-7-21(20)37-24/h4-7,12-13,24H,8-11,14-15H2,1-3H3/t24-/m0/s1. The van der Waals surface area contributed by atoms with E-state index < -0.39 is 17.7 Å². The maximum absolute atomic E-state index is 13.2.